The van der Waals surface area contributed by atoms with Crippen LogP contribution in [-0.4, -0.2) is 20.4 Å². The second-order valence-electron chi connectivity index (χ2n) is 3.96. The van der Waals surface area contributed by atoms with Gasteiger partial charge in [0.05, 0.1) is 23.8 Å². The number of benzene rings is 1. The average molecular weight is 258 g/mol. The Morgan fingerprint density at radius 1 is 0.895 bits per heavy atom. The van der Waals surface area contributed by atoms with Gasteiger partial charge >= 0.3 is 0 Å². The van der Waals surface area contributed by atoms with Crippen LogP contribution in [0.25, 0.3) is 22.5 Å². The Balaban J connectivity index is 2.02. The lowest BCUT2D eigenvalue weighted by molar-refractivity contribution is 0.584. The molecule has 6 heteroatoms. The molecule has 0 aliphatic carbocycles. The Hall–Kier alpha value is -2.63. The molecule has 0 amide bonds. The summed E-state index contributed by atoms with van der Waals surface area (Å²) in [6.45, 7) is 0. The molecule has 0 fully saturated rings. The zero-order valence-electron chi connectivity index (χ0n) is 9.64. The van der Waals surface area contributed by atoms with Gasteiger partial charge < -0.3 is 0 Å². The van der Waals surface area contributed by atoms with Gasteiger partial charge in [-0.1, -0.05) is 0 Å². The van der Waals surface area contributed by atoms with E-state index in [0.717, 1.165) is 11.6 Å². The fourth-order valence-electron chi connectivity index (χ4n) is 1.77. The van der Waals surface area contributed by atoms with Gasteiger partial charge in [0.1, 0.15) is 11.6 Å². The van der Waals surface area contributed by atoms with Gasteiger partial charge in [-0.05, 0) is 24.3 Å². The predicted molar refractivity (Wildman–Crippen MR) is 65.0 cm³/mol. The van der Waals surface area contributed by atoms with E-state index in [2.05, 4.69) is 20.4 Å². The summed E-state index contributed by atoms with van der Waals surface area (Å²) in [5.74, 6) is -1.27. The van der Waals surface area contributed by atoms with Crippen molar-refractivity contribution in [1.82, 2.24) is 20.4 Å². The lowest BCUT2D eigenvalue weighted by Gasteiger charge is -1.97. The molecule has 4 nitrogen and oxygen atoms in total. The molecule has 2 heterocycles. The number of nitrogens with one attached hydrogen (secondary N) is 1. The quantitative estimate of drug-likeness (QED) is 0.769. The Bertz CT molecular complexity index is 689. The van der Waals surface area contributed by atoms with Gasteiger partial charge in [0.2, 0.25) is 0 Å². The molecule has 2 aromatic heterocycles. The minimum atomic E-state index is -0.634. The smallest absolute Gasteiger partial charge is 0.126 e. The molecule has 0 spiro atoms. The Morgan fingerprint density at radius 3 is 2.37 bits per heavy atom. The van der Waals surface area contributed by atoms with Crippen LogP contribution in [-0.2, 0) is 0 Å². The molecule has 0 saturated carbocycles. The first kappa shape index (κ1) is 11.5. The third-order valence-corrected chi connectivity index (χ3v) is 2.63. The summed E-state index contributed by atoms with van der Waals surface area (Å²) < 4.78 is 26.3. The predicted octanol–water partition coefficient (Wildman–Crippen LogP) is 2.81. The second kappa shape index (κ2) is 4.56. The van der Waals surface area contributed by atoms with E-state index in [1.165, 1.54) is 12.1 Å². The summed E-state index contributed by atoms with van der Waals surface area (Å²) in [5, 5.41) is 14.3. The van der Waals surface area contributed by atoms with Gasteiger partial charge in [0.15, 0.2) is 0 Å². The van der Waals surface area contributed by atoms with Crippen molar-refractivity contribution in [2.75, 3.05) is 0 Å². The third kappa shape index (κ3) is 2.33. The van der Waals surface area contributed by atoms with Gasteiger partial charge in [0.25, 0.3) is 0 Å². The second-order valence-corrected chi connectivity index (χ2v) is 3.96. The fraction of sp³-hybridized carbons (Fsp3) is 0. The summed E-state index contributed by atoms with van der Waals surface area (Å²) >= 11 is 0. The molecular weight excluding hydrogens is 250 g/mol. The van der Waals surface area contributed by atoms with Crippen molar-refractivity contribution in [2.45, 2.75) is 0 Å². The third-order valence-electron chi connectivity index (χ3n) is 2.63. The van der Waals surface area contributed by atoms with Crippen molar-refractivity contribution in [3.05, 3.63) is 54.4 Å². The van der Waals surface area contributed by atoms with E-state index < -0.39 is 11.6 Å². The van der Waals surface area contributed by atoms with E-state index in [1.807, 2.05) is 0 Å². The summed E-state index contributed by atoms with van der Waals surface area (Å²) in [5.41, 5.74) is 2.34. The van der Waals surface area contributed by atoms with Crippen LogP contribution in [0.2, 0.25) is 0 Å². The molecule has 0 saturated heterocycles. The molecule has 0 aliphatic rings. The topological polar surface area (TPSA) is 54.5 Å². The van der Waals surface area contributed by atoms with Crippen molar-refractivity contribution < 1.29 is 8.78 Å². The van der Waals surface area contributed by atoms with Crippen LogP contribution >= 0.6 is 0 Å². The molecule has 19 heavy (non-hydrogen) atoms. The molecular formula is C13H8F2N4. The maximum atomic E-state index is 13.1. The molecule has 0 bridgehead atoms. The number of rotatable bonds is 2. The standard InChI is InChI=1S/C13H8F2N4/c14-10-3-9(4-11(15)5-10)13-6-12(18-19-13)8-1-2-16-17-7-8/h1-7H,(H,18,19). The van der Waals surface area contributed by atoms with Gasteiger partial charge in [-0.15, -0.1) is 0 Å². The summed E-state index contributed by atoms with van der Waals surface area (Å²) in [6.07, 6.45) is 3.13. The average Bonchev–Trinajstić information content (AvgIpc) is 2.88. The highest BCUT2D eigenvalue weighted by Crippen LogP contribution is 2.24. The number of aromatic nitrogens is 4. The lowest BCUT2D eigenvalue weighted by atomic mass is 10.1. The van der Waals surface area contributed by atoms with Crippen LogP contribution in [0.1, 0.15) is 0 Å². The summed E-state index contributed by atoms with van der Waals surface area (Å²) in [7, 11) is 0. The van der Waals surface area contributed by atoms with Crippen molar-refractivity contribution in [2.24, 2.45) is 0 Å². The summed E-state index contributed by atoms with van der Waals surface area (Å²) in [4.78, 5) is 0. The van der Waals surface area contributed by atoms with Crippen LogP contribution in [0.5, 0.6) is 0 Å². The number of nitrogens with zero attached hydrogens (tertiary/aromatic N) is 3. The van der Waals surface area contributed by atoms with Crippen LogP contribution in [0.4, 0.5) is 8.78 Å². The summed E-state index contributed by atoms with van der Waals surface area (Å²) in [6, 6.07) is 6.74. The zero-order chi connectivity index (χ0) is 13.2. The van der Waals surface area contributed by atoms with E-state index >= 15 is 0 Å². The number of hydrogen-bond acceptors (Lipinski definition) is 3. The van der Waals surface area contributed by atoms with Crippen LogP contribution < -0.4 is 0 Å². The first-order valence-corrected chi connectivity index (χ1v) is 5.51. The fourth-order valence-corrected chi connectivity index (χ4v) is 1.77. The van der Waals surface area contributed by atoms with Crippen molar-refractivity contribution >= 4 is 0 Å². The Morgan fingerprint density at radius 2 is 1.68 bits per heavy atom. The lowest BCUT2D eigenvalue weighted by Crippen LogP contribution is -1.84. The highest BCUT2D eigenvalue weighted by atomic mass is 19.1. The van der Waals surface area contributed by atoms with Crippen LogP contribution in [0.3, 0.4) is 0 Å². The van der Waals surface area contributed by atoms with Crippen molar-refractivity contribution in [3.63, 3.8) is 0 Å². The Kier molecular flexibility index (Phi) is 2.75. The zero-order valence-corrected chi connectivity index (χ0v) is 9.64. The minimum absolute atomic E-state index is 0.377. The first-order valence-electron chi connectivity index (χ1n) is 5.51. The molecule has 0 unspecified atom stereocenters. The maximum absolute atomic E-state index is 13.1. The largest absolute Gasteiger partial charge is 0.277 e. The first-order chi connectivity index (χ1) is 9.22. The molecule has 1 aromatic carbocycles. The van der Waals surface area contributed by atoms with Gasteiger partial charge in [-0.2, -0.15) is 15.3 Å². The number of halogens is 2. The van der Waals surface area contributed by atoms with Crippen LogP contribution in [0.15, 0.2) is 42.7 Å². The van der Waals surface area contributed by atoms with E-state index in [-0.39, 0.29) is 0 Å². The van der Waals surface area contributed by atoms with E-state index in [4.69, 9.17) is 0 Å². The number of aromatic amines is 1. The molecule has 0 radical (unpaired) electrons. The molecule has 0 aliphatic heterocycles. The highest BCUT2D eigenvalue weighted by Gasteiger charge is 2.08. The highest BCUT2D eigenvalue weighted by molar-refractivity contribution is 5.67. The maximum Gasteiger partial charge on any atom is 0.126 e. The normalized spacial score (nSPS) is 10.6. The van der Waals surface area contributed by atoms with E-state index in [0.29, 0.717) is 17.0 Å². The molecule has 94 valence electrons. The molecule has 0 atom stereocenters. The minimum Gasteiger partial charge on any atom is -0.277 e. The Labute approximate surface area is 107 Å². The monoisotopic (exact) mass is 258 g/mol. The van der Waals surface area contributed by atoms with Gasteiger partial charge in [-0.25, -0.2) is 8.78 Å². The molecule has 1 N–H and O–H groups in total. The van der Waals surface area contributed by atoms with E-state index in [9.17, 15) is 8.78 Å². The van der Waals surface area contributed by atoms with Crippen molar-refractivity contribution in [3.8, 4) is 22.5 Å². The number of hydrogen-bond donors (Lipinski definition) is 1. The van der Waals surface area contributed by atoms with E-state index in [1.54, 1.807) is 24.5 Å². The van der Waals surface area contributed by atoms with Gasteiger partial charge in [0, 0.05) is 17.2 Å². The van der Waals surface area contributed by atoms with Crippen LogP contribution in [0, 0.1) is 11.6 Å². The number of H-pyrrole nitrogens is 1. The van der Waals surface area contributed by atoms with Gasteiger partial charge in [-0.3, -0.25) is 5.10 Å². The van der Waals surface area contributed by atoms with Crippen molar-refractivity contribution in [1.29, 1.82) is 0 Å². The molecule has 3 rings (SSSR count). The molecule has 3 aromatic rings. The SMILES string of the molecule is Fc1cc(F)cc(-c2cc(-c3ccnnc3)[nH]n2)c1.